The molecule has 0 radical (unpaired) electrons. The number of rotatable bonds is 1. The molecule has 0 atom stereocenters. The Labute approximate surface area is 86.6 Å². The Balaban J connectivity index is 3.10. The molecule has 1 aromatic rings. The van der Waals surface area contributed by atoms with Gasteiger partial charge in [0.05, 0.1) is 17.3 Å². The normalized spacial score (nSPS) is 11.5. The average Bonchev–Trinajstić information content (AvgIpc) is 2.02. The first-order valence-corrected chi connectivity index (χ1v) is 4.82. The molecule has 0 aliphatic heterocycles. The fourth-order valence-electron chi connectivity index (χ4n) is 0.863. The molecule has 1 rings (SSSR count). The van der Waals surface area contributed by atoms with E-state index in [1.165, 1.54) is 0 Å². The molecule has 0 saturated carbocycles. The van der Waals surface area contributed by atoms with Gasteiger partial charge in [0, 0.05) is 5.41 Å². The zero-order valence-electron chi connectivity index (χ0n) is 8.26. The maximum Gasteiger partial charge on any atom is 0.247 e. The van der Waals surface area contributed by atoms with E-state index in [1.807, 2.05) is 6.07 Å². The number of hydrogen-bond donors (Lipinski definition) is 0. The van der Waals surface area contributed by atoms with Gasteiger partial charge < -0.3 is 4.74 Å². The summed E-state index contributed by atoms with van der Waals surface area (Å²) in [5.41, 5.74) is 0.960. The molecule has 0 fully saturated rings. The molecule has 0 aliphatic carbocycles. The van der Waals surface area contributed by atoms with Crippen molar-refractivity contribution in [2.75, 3.05) is 7.11 Å². The van der Waals surface area contributed by atoms with Crippen LogP contribution in [0, 0.1) is 0 Å². The van der Waals surface area contributed by atoms with Crippen LogP contribution in [-0.2, 0) is 5.41 Å². The predicted molar refractivity (Wildman–Crippen MR) is 55.0 cm³/mol. The molecule has 0 spiro atoms. The molecule has 13 heavy (non-hydrogen) atoms. The summed E-state index contributed by atoms with van der Waals surface area (Å²) in [6.07, 6.45) is 0. The van der Waals surface area contributed by atoms with Gasteiger partial charge >= 0.3 is 0 Å². The third-order valence-electron chi connectivity index (χ3n) is 1.68. The van der Waals surface area contributed by atoms with Gasteiger partial charge in [0.25, 0.3) is 0 Å². The van der Waals surface area contributed by atoms with Crippen molar-refractivity contribution in [3.63, 3.8) is 0 Å². The average molecular weight is 245 g/mol. The Morgan fingerprint density at radius 1 is 1.31 bits per heavy atom. The molecule has 0 amide bonds. The molecular formula is C9H13BrN2O. The van der Waals surface area contributed by atoms with Crippen molar-refractivity contribution in [1.29, 1.82) is 0 Å². The number of nitrogens with zero attached hydrogens (tertiary/aromatic N) is 2. The van der Waals surface area contributed by atoms with Crippen LogP contribution in [0.2, 0.25) is 0 Å². The van der Waals surface area contributed by atoms with Gasteiger partial charge in [-0.3, -0.25) is 0 Å². The van der Waals surface area contributed by atoms with Crippen molar-refractivity contribution in [2.24, 2.45) is 0 Å². The van der Waals surface area contributed by atoms with Crippen LogP contribution in [0.5, 0.6) is 5.88 Å². The minimum Gasteiger partial charge on any atom is -0.479 e. The van der Waals surface area contributed by atoms with Gasteiger partial charge in [0.15, 0.2) is 0 Å². The van der Waals surface area contributed by atoms with E-state index >= 15 is 0 Å². The van der Waals surface area contributed by atoms with Crippen LogP contribution in [-0.4, -0.2) is 17.3 Å². The van der Waals surface area contributed by atoms with Crippen LogP contribution in [0.3, 0.4) is 0 Å². The quantitative estimate of drug-likeness (QED) is 0.762. The second-order valence-corrected chi connectivity index (χ2v) is 4.69. The van der Waals surface area contributed by atoms with E-state index in [0.29, 0.717) is 5.88 Å². The summed E-state index contributed by atoms with van der Waals surface area (Å²) >= 11 is 3.37. The Kier molecular flexibility index (Phi) is 2.91. The molecule has 3 nitrogen and oxygen atoms in total. The second kappa shape index (κ2) is 3.62. The number of methoxy groups -OCH3 is 1. The van der Waals surface area contributed by atoms with Crippen molar-refractivity contribution in [3.8, 4) is 5.88 Å². The molecule has 0 aromatic carbocycles. The molecule has 1 heterocycles. The Morgan fingerprint density at radius 3 is 2.31 bits per heavy atom. The summed E-state index contributed by atoms with van der Waals surface area (Å²) in [7, 11) is 1.57. The molecule has 0 unspecified atom stereocenters. The molecule has 72 valence electrons. The maximum atomic E-state index is 4.99. The highest BCUT2D eigenvalue weighted by Gasteiger charge is 2.17. The molecule has 0 bridgehead atoms. The van der Waals surface area contributed by atoms with Gasteiger partial charge in [0.2, 0.25) is 5.88 Å². The summed E-state index contributed by atoms with van der Waals surface area (Å²) < 4.78 is 5.83. The standard InChI is InChI=1S/C9H13BrN2O/c1-9(2,3)7-5-6(10)8(13-4)12-11-7/h5H,1-4H3. The lowest BCUT2D eigenvalue weighted by Crippen LogP contribution is -2.14. The third kappa shape index (κ3) is 2.40. The van der Waals surface area contributed by atoms with Gasteiger partial charge in [-0.2, -0.15) is 5.10 Å². The van der Waals surface area contributed by atoms with Crippen molar-refractivity contribution in [3.05, 3.63) is 16.2 Å². The molecule has 0 saturated heterocycles. The first-order valence-electron chi connectivity index (χ1n) is 4.03. The number of ether oxygens (including phenoxy) is 1. The lowest BCUT2D eigenvalue weighted by molar-refractivity contribution is 0.385. The Morgan fingerprint density at radius 2 is 1.92 bits per heavy atom. The van der Waals surface area contributed by atoms with E-state index < -0.39 is 0 Å². The first kappa shape index (κ1) is 10.4. The first-order chi connectivity index (χ1) is 5.95. The molecule has 1 aromatic heterocycles. The van der Waals surface area contributed by atoms with Crippen molar-refractivity contribution >= 4 is 15.9 Å². The lowest BCUT2D eigenvalue weighted by Gasteiger charge is -2.17. The summed E-state index contributed by atoms with van der Waals surface area (Å²) in [4.78, 5) is 0. The van der Waals surface area contributed by atoms with Crippen molar-refractivity contribution in [2.45, 2.75) is 26.2 Å². The monoisotopic (exact) mass is 244 g/mol. The fraction of sp³-hybridized carbons (Fsp3) is 0.556. The Bertz CT molecular complexity index is 307. The highest BCUT2D eigenvalue weighted by atomic mass is 79.9. The topological polar surface area (TPSA) is 35.0 Å². The van der Waals surface area contributed by atoms with E-state index in [-0.39, 0.29) is 5.41 Å². The molecule has 0 aliphatic rings. The van der Waals surface area contributed by atoms with E-state index in [1.54, 1.807) is 7.11 Å². The van der Waals surface area contributed by atoms with Crippen molar-refractivity contribution < 1.29 is 4.74 Å². The Hall–Kier alpha value is -0.640. The van der Waals surface area contributed by atoms with E-state index in [9.17, 15) is 0 Å². The zero-order valence-corrected chi connectivity index (χ0v) is 9.84. The SMILES string of the molecule is COc1nnc(C(C)(C)C)cc1Br. The summed E-state index contributed by atoms with van der Waals surface area (Å²) in [5.74, 6) is 0.521. The van der Waals surface area contributed by atoms with Crippen LogP contribution >= 0.6 is 15.9 Å². The van der Waals surface area contributed by atoms with Gasteiger partial charge in [-0.1, -0.05) is 20.8 Å². The summed E-state index contributed by atoms with van der Waals surface area (Å²) in [6.45, 7) is 6.28. The lowest BCUT2D eigenvalue weighted by atomic mass is 9.92. The largest absolute Gasteiger partial charge is 0.479 e. The minimum atomic E-state index is 0.0157. The number of halogens is 1. The van der Waals surface area contributed by atoms with Crippen LogP contribution in [0.15, 0.2) is 10.5 Å². The second-order valence-electron chi connectivity index (χ2n) is 3.84. The zero-order chi connectivity index (χ0) is 10.1. The van der Waals surface area contributed by atoms with E-state index in [0.717, 1.165) is 10.2 Å². The summed E-state index contributed by atoms with van der Waals surface area (Å²) in [5, 5.41) is 8.02. The molecule has 0 N–H and O–H groups in total. The highest BCUT2D eigenvalue weighted by molar-refractivity contribution is 9.10. The number of hydrogen-bond acceptors (Lipinski definition) is 3. The smallest absolute Gasteiger partial charge is 0.247 e. The minimum absolute atomic E-state index is 0.0157. The highest BCUT2D eigenvalue weighted by Crippen LogP contribution is 2.26. The van der Waals surface area contributed by atoms with Crippen LogP contribution < -0.4 is 4.74 Å². The van der Waals surface area contributed by atoms with Crippen LogP contribution in [0.4, 0.5) is 0 Å². The van der Waals surface area contributed by atoms with Gasteiger partial charge in [-0.05, 0) is 22.0 Å². The maximum absolute atomic E-state index is 4.99. The van der Waals surface area contributed by atoms with Gasteiger partial charge in [-0.15, -0.1) is 5.10 Å². The van der Waals surface area contributed by atoms with E-state index in [2.05, 4.69) is 46.9 Å². The molecule has 4 heteroatoms. The number of aromatic nitrogens is 2. The van der Waals surface area contributed by atoms with Gasteiger partial charge in [-0.25, -0.2) is 0 Å². The van der Waals surface area contributed by atoms with Gasteiger partial charge in [0.1, 0.15) is 0 Å². The predicted octanol–water partition coefficient (Wildman–Crippen LogP) is 2.55. The third-order valence-corrected chi connectivity index (χ3v) is 2.25. The fourth-order valence-corrected chi connectivity index (χ4v) is 1.32. The van der Waals surface area contributed by atoms with Crippen molar-refractivity contribution in [1.82, 2.24) is 10.2 Å². The summed E-state index contributed by atoms with van der Waals surface area (Å²) in [6, 6.07) is 1.94. The van der Waals surface area contributed by atoms with Crippen LogP contribution in [0.1, 0.15) is 26.5 Å². The molecular weight excluding hydrogens is 232 g/mol. The van der Waals surface area contributed by atoms with E-state index in [4.69, 9.17) is 4.74 Å². The van der Waals surface area contributed by atoms with Crippen LogP contribution in [0.25, 0.3) is 0 Å².